The maximum Gasteiger partial charge on any atom is 0.181 e. The molecule has 0 unspecified atom stereocenters. The van der Waals surface area contributed by atoms with E-state index in [9.17, 15) is 14.0 Å². The second kappa shape index (κ2) is 10.6. The number of ether oxygens (including phenoxy) is 3. The summed E-state index contributed by atoms with van der Waals surface area (Å²) in [7, 11) is 2.97. The van der Waals surface area contributed by atoms with Gasteiger partial charge in [0.25, 0.3) is 0 Å². The Kier molecular flexibility index (Phi) is 7.56. The number of rotatable bonds is 11. The van der Waals surface area contributed by atoms with Crippen LogP contribution < -0.4 is 19.9 Å². The highest BCUT2D eigenvalue weighted by molar-refractivity contribution is 6.31. The average molecular weight is 513 g/mol. The largest absolute Gasteiger partial charge is 0.494 e. The summed E-state index contributed by atoms with van der Waals surface area (Å²) in [5.74, 6) is 0.248. The Morgan fingerprint density at radius 1 is 0.972 bits per heavy atom. The molecule has 1 aliphatic rings. The predicted octanol–water partition coefficient (Wildman–Crippen LogP) is 5.27. The van der Waals surface area contributed by atoms with E-state index < -0.39 is 5.82 Å². The summed E-state index contributed by atoms with van der Waals surface area (Å²) >= 11 is 5.91. The second-order valence-corrected chi connectivity index (χ2v) is 9.15. The van der Waals surface area contributed by atoms with Crippen LogP contribution in [-0.2, 0) is 0 Å². The third-order valence-electron chi connectivity index (χ3n) is 6.03. The fourth-order valence-electron chi connectivity index (χ4n) is 3.60. The number of aromatic nitrogens is 1. The standard InChI is InChI=1S/C27H26ClFN2O5/c1-34-24-10-6-20(31-26(24)17-3-5-19(29)18(28)13-17)22(33)8-7-21(32)16-4-9-23(25(14-16)35-2)36-15-27(30)11-12-27/h3-6,9-10,13-14H,7-8,11-12,15,30H2,1-2H3. The topological polar surface area (TPSA) is 101 Å². The average Bonchev–Trinajstić information content (AvgIpc) is 3.64. The van der Waals surface area contributed by atoms with Crippen molar-refractivity contribution in [3.8, 4) is 28.5 Å². The van der Waals surface area contributed by atoms with Crippen LogP contribution >= 0.6 is 11.6 Å². The lowest BCUT2D eigenvalue weighted by molar-refractivity contribution is 0.0915. The molecule has 0 atom stereocenters. The number of nitrogens with two attached hydrogens (primary N) is 1. The van der Waals surface area contributed by atoms with Crippen LogP contribution in [0.5, 0.6) is 17.2 Å². The molecule has 2 aromatic carbocycles. The molecule has 1 aliphatic carbocycles. The van der Waals surface area contributed by atoms with Crippen LogP contribution in [0, 0.1) is 5.82 Å². The van der Waals surface area contributed by atoms with Crippen molar-refractivity contribution in [1.82, 2.24) is 4.98 Å². The molecule has 4 rings (SSSR count). The van der Waals surface area contributed by atoms with Crippen molar-refractivity contribution >= 4 is 23.2 Å². The number of hydrogen-bond donors (Lipinski definition) is 1. The minimum absolute atomic E-state index is 0.0144. The number of Topliss-reactive ketones (excluding diaryl/α,β-unsaturated/α-hetero) is 2. The van der Waals surface area contributed by atoms with Crippen molar-refractivity contribution in [2.45, 2.75) is 31.2 Å². The minimum Gasteiger partial charge on any atom is -0.494 e. The molecule has 0 amide bonds. The number of carbonyl (C=O) groups excluding carboxylic acids is 2. The van der Waals surface area contributed by atoms with Gasteiger partial charge in [-0.3, -0.25) is 9.59 Å². The first-order valence-corrected chi connectivity index (χ1v) is 11.8. The fourth-order valence-corrected chi connectivity index (χ4v) is 3.78. The third kappa shape index (κ3) is 5.83. The summed E-state index contributed by atoms with van der Waals surface area (Å²) in [6.07, 6.45) is 1.78. The fraction of sp³-hybridized carbons (Fsp3) is 0.296. The van der Waals surface area contributed by atoms with Crippen molar-refractivity contribution in [2.75, 3.05) is 20.8 Å². The molecule has 0 aliphatic heterocycles. The molecule has 3 aromatic rings. The number of methoxy groups -OCH3 is 2. The zero-order valence-corrected chi connectivity index (χ0v) is 20.7. The van der Waals surface area contributed by atoms with Gasteiger partial charge in [0.2, 0.25) is 0 Å². The van der Waals surface area contributed by atoms with E-state index in [4.69, 9.17) is 31.5 Å². The van der Waals surface area contributed by atoms with Crippen LogP contribution in [0.3, 0.4) is 0 Å². The molecule has 2 N–H and O–H groups in total. The molecule has 1 saturated carbocycles. The third-order valence-corrected chi connectivity index (χ3v) is 6.32. The molecule has 36 heavy (non-hydrogen) atoms. The highest BCUT2D eigenvalue weighted by Gasteiger charge is 2.39. The zero-order valence-electron chi connectivity index (χ0n) is 20.0. The molecule has 1 fully saturated rings. The monoisotopic (exact) mass is 512 g/mol. The molecule has 0 spiro atoms. The smallest absolute Gasteiger partial charge is 0.181 e. The number of benzene rings is 2. The van der Waals surface area contributed by atoms with Gasteiger partial charge in [0.1, 0.15) is 29.6 Å². The lowest BCUT2D eigenvalue weighted by Crippen LogP contribution is -2.29. The van der Waals surface area contributed by atoms with Gasteiger partial charge in [0.15, 0.2) is 23.1 Å². The first-order valence-electron chi connectivity index (χ1n) is 11.4. The zero-order chi connectivity index (χ0) is 25.9. The van der Waals surface area contributed by atoms with Gasteiger partial charge in [0, 0.05) is 24.0 Å². The Hall–Kier alpha value is -3.49. The number of hydrogen-bond acceptors (Lipinski definition) is 7. The van der Waals surface area contributed by atoms with Crippen LogP contribution in [0.4, 0.5) is 4.39 Å². The Morgan fingerprint density at radius 2 is 1.67 bits per heavy atom. The summed E-state index contributed by atoms with van der Waals surface area (Å²) in [4.78, 5) is 30.0. The van der Waals surface area contributed by atoms with E-state index in [1.54, 1.807) is 24.3 Å². The summed E-state index contributed by atoms with van der Waals surface area (Å²) in [6, 6.07) is 12.2. The van der Waals surface area contributed by atoms with E-state index in [0.717, 1.165) is 12.8 Å². The molecule has 188 valence electrons. The Labute approximate surface area is 213 Å². The van der Waals surface area contributed by atoms with Crippen molar-refractivity contribution in [3.05, 3.63) is 70.6 Å². The summed E-state index contributed by atoms with van der Waals surface area (Å²) in [6.45, 7) is 0.381. The van der Waals surface area contributed by atoms with Crippen LogP contribution in [0.15, 0.2) is 48.5 Å². The van der Waals surface area contributed by atoms with Gasteiger partial charge in [-0.25, -0.2) is 9.37 Å². The SMILES string of the molecule is COc1cc(C(=O)CCC(=O)c2ccc(OC)c(-c3ccc(F)c(Cl)c3)n2)ccc1OCC1(N)CC1. The minimum atomic E-state index is -0.562. The Balaban J connectivity index is 1.44. The molecule has 1 heterocycles. The number of ketones is 2. The van der Waals surface area contributed by atoms with E-state index in [-0.39, 0.29) is 40.7 Å². The van der Waals surface area contributed by atoms with Gasteiger partial charge < -0.3 is 19.9 Å². The lowest BCUT2D eigenvalue weighted by atomic mass is 10.0. The van der Waals surface area contributed by atoms with Gasteiger partial charge in [-0.15, -0.1) is 0 Å². The predicted molar refractivity (Wildman–Crippen MR) is 134 cm³/mol. The summed E-state index contributed by atoms with van der Waals surface area (Å²) in [5, 5.41) is -0.0689. The van der Waals surface area contributed by atoms with Crippen molar-refractivity contribution in [1.29, 1.82) is 0 Å². The van der Waals surface area contributed by atoms with E-state index in [0.29, 0.717) is 40.7 Å². The molecular weight excluding hydrogens is 487 g/mol. The highest BCUT2D eigenvalue weighted by atomic mass is 35.5. The molecule has 9 heteroatoms. The van der Waals surface area contributed by atoms with Crippen LogP contribution in [-0.4, -0.2) is 42.9 Å². The number of halogens is 2. The van der Waals surface area contributed by atoms with E-state index in [1.165, 1.54) is 38.5 Å². The Bertz CT molecular complexity index is 1310. The molecular formula is C27H26ClFN2O5. The van der Waals surface area contributed by atoms with Crippen LogP contribution in [0.25, 0.3) is 11.3 Å². The number of pyridine rings is 1. The maximum absolute atomic E-state index is 13.6. The first kappa shape index (κ1) is 25.6. The van der Waals surface area contributed by atoms with Gasteiger partial charge in [-0.1, -0.05) is 11.6 Å². The molecule has 7 nitrogen and oxygen atoms in total. The second-order valence-electron chi connectivity index (χ2n) is 8.74. The number of carbonyl (C=O) groups is 2. The quantitative estimate of drug-likeness (QED) is 0.349. The molecule has 0 bridgehead atoms. The van der Waals surface area contributed by atoms with Crippen LogP contribution in [0.1, 0.15) is 46.5 Å². The van der Waals surface area contributed by atoms with Gasteiger partial charge in [-0.2, -0.15) is 0 Å². The van der Waals surface area contributed by atoms with Gasteiger partial charge in [0.05, 0.1) is 24.8 Å². The van der Waals surface area contributed by atoms with E-state index in [2.05, 4.69) is 4.98 Å². The maximum atomic E-state index is 13.6. The normalized spacial score (nSPS) is 13.7. The van der Waals surface area contributed by atoms with Crippen LogP contribution in [0.2, 0.25) is 5.02 Å². The highest BCUT2D eigenvalue weighted by Crippen LogP contribution is 2.35. The number of nitrogens with zero attached hydrogens (tertiary/aromatic N) is 1. The summed E-state index contributed by atoms with van der Waals surface area (Å²) < 4.78 is 30.1. The summed E-state index contributed by atoms with van der Waals surface area (Å²) in [5.41, 5.74) is 7.21. The molecule has 0 radical (unpaired) electrons. The van der Waals surface area contributed by atoms with Crippen molar-refractivity contribution in [2.24, 2.45) is 5.73 Å². The van der Waals surface area contributed by atoms with Crippen molar-refractivity contribution in [3.63, 3.8) is 0 Å². The van der Waals surface area contributed by atoms with E-state index in [1.807, 2.05) is 0 Å². The Morgan fingerprint density at radius 3 is 2.33 bits per heavy atom. The van der Waals surface area contributed by atoms with Gasteiger partial charge >= 0.3 is 0 Å². The van der Waals surface area contributed by atoms with Crippen molar-refractivity contribution < 1.29 is 28.2 Å². The van der Waals surface area contributed by atoms with E-state index >= 15 is 0 Å². The van der Waals surface area contributed by atoms with Gasteiger partial charge in [-0.05, 0) is 61.4 Å². The lowest BCUT2D eigenvalue weighted by Gasteiger charge is -2.14. The molecule has 0 saturated heterocycles. The molecule has 1 aromatic heterocycles. The first-order chi connectivity index (χ1) is 17.2.